The molecule has 1 N–H and O–H groups in total. The zero-order valence-electron chi connectivity index (χ0n) is 11.3. The minimum absolute atomic E-state index is 0.251. The first-order valence-corrected chi connectivity index (χ1v) is 6.93. The maximum atomic E-state index is 13.2. The van der Waals surface area contributed by atoms with Crippen molar-refractivity contribution in [3.63, 3.8) is 0 Å². The predicted octanol–water partition coefficient (Wildman–Crippen LogP) is 4.17. The van der Waals surface area contributed by atoms with Crippen LogP contribution in [0.1, 0.15) is 18.1 Å². The molecule has 20 heavy (non-hydrogen) atoms. The molecule has 0 aliphatic rings. The molecular weight excluding hydrogens is 277 g/mol. The number of benzene rings is 2. The van der Waals surface area contributed by atoms with Gasteiger partial charge in [0.25, 0.3) is 0 Å². The third-order valence-electron chi connectivity index (χ3n) is 2.88. The van der Waals surface area contributed by atoms with Crippen LogP contribution in [0.3, 0.4) is 0 Å². The Morgan fingerprint density at radius 3 is 2.85 bits per heavy atom. The highest BCUT2D eigenvalue weighted by Gasteiger charge is 2.04. The molecular formula is C16H17ClFNO. The zero-order valence-corrected chi connectivity index (χ0v) is 12.1. The fraction of sp³-hybridized carbons (Fsp3) is 0.250. The second-order valence-electron chi connectivity index (χ2n) is 4.45. The summed E-state index contributed by atoms with van der Waals surface area (Å²) in [5, 5.41) is 3.77. The van der Waals surface area contributed by atoms with E-state index in [4.69, 9.17) is 16.3 Å². The van der Waals surface area contributed by atoms with Gasteiger partial charge >= 0.3 is 0 Å². The summed E-state index contributed by atoms with van der Waals surface area (Å²) in [6, 6.07) is 12.1. The van der Waals surface area contributed by atoms with Gasteiger partial charge in [-0.05, 0) is 42.4 Å². The third-order valence-corrected chi connectivity index (χ3v) is 3.25. The minimum Gasteiger partial charge on any atom is -0.489 e. The Hall–Kier alpha value is -1.58. The van der Waals surface area contributed by atoms with Crippen molar-refractivity contribution in [1.29, 1.82) is 0 Å². The van der Waals surface area contributed by atoms with Crippen LogP contribution in [0.5, 0.6) is 5.75 Å². The lowest BCUT2D eigenvalue weighted by Crippen LogP contribution is -2.11. The van der Waals surface area contributed by atoms with Crippen molar-refractivity contribution in [2.24, 2.45) is 0 Å². The molecule has 2 rings (SSSR count). The van der Waals surface area contributed by atoms with E-state index < -0.39 is 0 Å². The van der Waals surface area contributed by atoms with E-state index in [1.807, 2.05) is 24.3 Å². The molecule has 2 nitrogen and oxygen atoms in total. The smallest absolute Gasteiger partial charge is 0.123 e. The molecule has 0 aliphatic heterocycles. The molecule has 0 aromatic heterocycles. The molecule has 0 atom stereocenters. The van der Waals surface area contributed by atoms with Crippen molar-refractivity contribution in [2.45, 2.75) is 20.1 Å². The molecule has 0 aliphatic carbocycles. The van der Waals surface area contributed by atoms with Crippen molar-refractivity contribution in [1.82, 2.24) is 5.32 Å². The molecule has 0 saturated carbocycles. The average Bonchev–Trinajstić information content (AvgIpc) is 2.46. The molecule has 0 amide bonds. The van der Waals surface area contributed by atoms with E-state index in [-0.39, 0.29) is 12.4 Å². The van der Waals surface area contributed by atoms with Gasteiger partial charge in [0.2, 0.25) is 0 Å². The van der Waals surface area contributed by atoms with Crippen LogP contribution in [0.2, 0.25) is 5.02 Å². The minimum atomic E-state index is -0.311. The van der Waals surface area contributed by atoms with Crippen molar-refractivity contribution in [3.05, 3.63) is 64.4 Å². The van der Waals surface area contributed by atoms with Crippen molar-refractivity contribution in [3.8, 4) is 5.75 Å². The first-order chi connectivity index (χ1) is 9.69. The van der Waals surface area contributed by atoms with Gasteiger partial charge in [-0.15, -0.1) is 0 Å². The standard InChI is InChI=1S/C16H17ClFNO/c1-2-19-10-12-4-3-5-15(8-12)20-11-13-9-14(18)6-7-16(13)17/h3-9,19H,2,10-11H2,1H3. The summed E-state index contributed by atoms with van der Waals surface area (Å²) in [5.74, 6) is 0.439. The lowest BCUT2D eigenvalue weighted by molar-refractivity contribution is 0.305. The lowest BCUT2D eigenvalue weighted by Gasteiger charge is -2.09. The molecule has 4 heteroatoms. The van der Waals surface area contributed by atoms with Crippen LogP contribution < -0.4 is 10.1 Å². The van der Waals surface area contributed by atoms with Gasteiger partial charge in [0.1, 0.15) is 18.2 Å². The molecule has 106 valence electrons. The summed E-state index contributed by atoms with van der Waals surface area (Å²) in [4.78, 5) is 0. The Balaban J connectivity index is 2.01. The number of halogens is 2. The van der Waals surface area contributed by atoms with Gasteiger partial charge < -0.3 is 10.1 Å². The van der Waals surface area contributed by atoms with Gasteiger partial charge in [-0.1, -0.05) is 30.7 Å². The Kier molecular flexibility index (Phi) is 5.39. The SMILES string of the molecule is CCNCc1cccc(OCc2cc(F)ccc2Cl)c1. The van der Waals surface area contributed by atoms with Gasteiger partial charge in [-0.25, -0.2) is 4.39 Å². The Morgan fingerprint density at radius 2 is 2.05 bits per heavy atom. The maximum absolute atomic E-state index is 13.2. The number of hydrogen-bond donors (Lipinski definition) is 1. The highest BCUT2D eigenvalue weighted by molar-refractivity contribution is 6.31. The maximum Gasteiger partial charge on any atom is 0.123 e. The first-order valence-electron chi connectivity index (χ1n) is 6.55. The van der Waals surface area contributed by atoms with Crippen LogP contribution in [0, 0.1) is 5.82 Å². The molecule has 0 fully saturated rings. The molecule has 0 saturated heterocycles. The van der Waals surface area contributed by atoms with Gasteiger partial charge in [0, 0.05) is 17.1 Å². The van der Waals surface area contributed by atoms with E-state index in [2.05, 4.69) is 12.2 Å². The van der Waals surface area contributed by atoms with Crippen LogP contribution in [0.4, 0.5) is 4.39 Å². The molecule has 0 radical (unpaired) electrons. The van der Waals surface area contributed by atoms with E-state index in [1.165, 1.54) is 18.2 Å². The third kappa shape index (κ3) is 4.22. The van der Waals surface area contributed by atoms with Crippen molar-refractivity contribution < 1.29 is 9.13 Å². The van der Waals surface area contributed by atoms with E-state index in [0.717, 1.165) is 24.4 Å². The molecule has 0 heterocycles. The molecule has 0 bridgehead atoms. The highest BCUT2D eigenvalue weighted by atomic mass is 35.5. The summed E-state index contributed by atoms with van der Waals surface area (Å²) in [6.07, 6.45) is 0. The summed E-state index contributed by atoms with van der Waals surface area (Å²) in [6.45, 7) is 4.03. The topological polar surface area (TPSA) is 21.3 Å². The molecule has 0 unspecified atom stereocenters. The molecule has 2 aromatic carbocycles. The van der Waals surface area contributed by atoms with Crippen molar-refractivity contribution >= 4 is 11.6 Å². The van der Waals surface area contributed by atoms with Crippen LogP contribution in [-0.4, -0.2) is 6.54 Å². The second-order valence-corrected chi connectivity index (χ2v) is 4.86. The second kappa shape index (κ2) is 7.27. The van der Waals surface area contributed by atoms with E-state index in [1.54, 1.807) is 0 Å². The van der Waals surface area contributed by atoms with Gasteiger partial charge in [0.15, 0.2) is 0 Å². The number of ether oxygens (including phenoxy) is 1. The highest BCUT2D eigenvalue weighted by Crippen LogP contribution is 2.20. The summed E-state index contributed by atoms with van der Waals surface area (Å²) < 4.78 is 18.8. The lowest BCUT2D eigenvalue weighted by atomic mass is 10.2. The summed E-state index contributed by atoms with van der Waals surface area (Å²) in [5.41, 5.74) is 1.79. The van der Waals surface area contributed by atoms with Gasteiger partial charge in [-0.3, -0.25) is 0 Å². The monoisotopic (exact) mass is 293 g/mol. The van der Waals surface area contributed by atoms with Crippen LogP contribution in [-0.2, 0) is 13.2 Å². The summed E-state index contributed by atoms with van der Waals surface area (Å²) >= 11 is 6.01. The average molecular weight is 294 g/mol. The largest absolute Gasteiger partial charge is 0.489 e. The number of hydrogen-bond acceptors (Lipinski definition) is 2. The quantitative estimate of drug-likeness (QED) is 0.863. The summed E-state index contributed by atoms with van der Waals surface area (Å²) in [7, 11) is 0. The first kappa shape index (κ1) is 14.8. The predicted molar refractivity (Wildman–Crippen MR) is 79.6 cm³/mol. The fourth-order valence-corrected chi connectivity index (χ4v) is 2.00. The number of nitrogens with one attached hydrogen (secondary N) is 1. The fourth-order valence-electron chi connectivity index (χ4n) is 1.83. The molecule has 2 aromatic rings. The zero-order chi connectivity index (χ0) is 14.4. The van der Waals surface area contributed by atoms with E-state index in [9.17, 15) is 4.39 Å². The van der Waals surface area contributed by atoms with Crippen LogP contribution in [0.25, 0.3) is 0 Å². The molecule has 0 spiro atoms. The number of rotatable bonds is 6. The normalized spacial score (nSPS) is 10.6. The van der Waals surface area contributed by atoms with E-state index in [0.29, 0.717) is 10.6 Å². The van der Waals surface area contributed by atoms with Gasteiger partial charge in [-0.2, -0.15) is 0 Å². The van der Waals surface area contributed by atoms with Crippen LogP contribution in [0.15, 0.2) is 42.5 Å². The van der Waals surface area contributed by atoms with Gasteiger partial charge in [0.05, 0.1) is 0 Å². The Morgan fingerprint density at radius 1 is 1.20 bits per heavy atom. The van der Waals surface area contributed by atoms with E-state index >= 15 is 0 Å². The van der Waals surface area contributed by atoms with Crippen molar-refractivity contribution in [2.75, 3.05) is 6.54 Å². The Bertz CT molecular complexity index is 574. The Labute approximate surface area is 123 Å². The van der Waals surface area contributed by atoms with Crippen LogP contribution >= 0.6 is 11.6 Å².